The Balaban J connectivity index is 3.20. The molecule has 0 saturated heterocycles. The molecule has 18 heavy (non-hydrogen) atoms. The van der Waals surface area contributed by atoms with Crippen LogP contribution in [-0.2, 0) is 0 Å². The van der Waals surface area contributed by atoms with E-state index >= 15 is 0 Å². The summed E-state index contributed by atoms with van der Waals surface area (Å²) in [5.74, 6) is 0. The van der Waals surface area contributed by atoms with Crippen LogP contribution in [0.25, 0.3) is 0 Å². The topological polar surface area (TPSA) is 0 Å². The molecule has 0 spiro atoms. The van der Waals surface area contributed by atoms with E-state index in [1.807, 2.05) is 0 Å². The van der Waals surface area contributed by atoms with E-state index in [0.29, 0.717) is 0 Å². The molecule has 0 saturated carbocycles. The second-order valence-electron chi connectivity index (χ2n) is 6.53. The van der Waals surface area contributed by atoms with Gasteiger partial charge >= 0.3 is 0 Å². The maximum atomic E-state index is 6.27. The highest BCUT2D eigenvalue weighted by Gasteiger charge is 2.23. The summed E-state index contributed by atoms with van der Waals surface area (Å²) in [5, 5.41) is 3.17. The summed E-state index contributed by atoms with van der Waals surface area (Å²) in [6, 6.07) is 7.24. The van der Waals surface area contributed by atoms with Crippen LogP contribution in [0.15, 0.2) is 18.2 Å². The number of aryl methyl sites for hydroxylation is 1. The predicted molar refractivity (Wildman–Crippen MR) is 91.4 cm³/mol. The van der Waals surface area contributed by atoms with Crippen molar-refractivity contribution in [1.29, 1.82) is 0 Å². The van der Waals surface area contributed by atoms with Gasteiger partial charge in [0.2, 0.25) is 0 Å². The number of benzene rings is 1. The Morgan fingerprint density at radius 1 is 1.22 bits per heavy atom. The lowest BCUT2D eigenvalue weighted by Gasteiger charge is -2.24. The lowest BCUT2D eigenvalue weighted by atomic mass is 10.2. The van der Waals surface area contributed by atoms with Gasteiger partial charge in [-0.1, -0.05) is 74.0 Å². The zero-order valence-electron chi connectivity index (χ0n) is 12.7. The molecule has 0 amide bonds. The van der Waals surface area contributed by atoms with Gasteiger partial charge in [0.05, 0.1) is 16.9 Å². The minimum absolute atomic E-state index is 0.791. The highest BCUT2D eigenvalue weighted by Crippen LogP contribution is 2.15. The van der Waals surface area contributed by atoms with Crippen molar-refractivity contribution in [2.45, 2.75) is 52.4 Å². The van der Waals surface area contributed by atoms with Crippen molar-refractivity contribution >= 4 is 38.8 Å². The summed E-state index contributed by atoms with van der Waals surface area (Å²) >= 11 is 6.27. The van der Waals surface area contributed by atoms with Crippen LogP contribution in [0.4, 0.5) is 0 Å². The lowest BCUT2D eigenvalue weighted by Crippen LogP contribution is -2.44. The predicted octanol–water partition coefficient (Wildman–Crippen LogP) is 3.55. The summed E-state index contributed by atoms with van der Waals surface area (Å²) in [6.07, 6.45) is 1.25. The molecule has 2 atom stereocenters. The molecule has 1 aromatic rings. The molecule has 0 aliphatic rings. The highest BCUT2D eigenvalue weighted by atomic mass is 35.5. The van der Waals surface area contributed by atoms with Crippen LogP contribution in [0.2, 0.25) is 25.2 Å². The Bertz CT molecular complexity index is 396. The van der Waals surface area contributed by atoms with E-state index in [2.05, 4.69) is 58.6 Å². The Morgan fingerprint density at radius 3 is 2.28 bits per heavy atom. The second-order valence-corrected chi connectivity index (χ2v) is 15.9. The first kappa shape index (κ1) is 16.0. The van der Waals surface area contributed by atoms with E-state index in [9.17, 15) is 0 Å². The van der Waals surface area contributed by atoms with Gasteiger partial charge in [0, 0.05) is 5.50 Å². The van der Waals surface area contributed by atoms with Gasteiger partial charge in [-0.15, -0.1) is 11.6 Å². The normalized spacial score (nSPS) is 15.5. The zero-order chi connectivity index (χ0) is 13.9. The molecule has 0 heterocycles. The fraction of sp³-hybridized carbons (Fsp3) is 0.600. The molecule has 1 rings (SSSR count). The van der Waals surface area contributed by atoms with Gasteiger partial charge < -0.3 is 0 Å². The minimum Gasteiger partial charge on any atom is -0.130 e. The number of rotatable bonds is 5. The van der Waals surface area contributed by atoms with E-state index < -0.39 is 16.9 Å². The van der Waals surface area contributed by atoms with E-state index in [1.165, 1.54) is 12.0 Å². The fourth-order valence-corrected chi connectivity index (χ4v) is 7.77. The van der Waals surface area contributed by atoms with E-state index in [0.717, 1.165) is 11.0 Å². The molecule has 102 valence electrons. The average Bonchev–Trinajstić information content (AvgIpc) is 2.27. The van der Waals surface area contributed by atoms with E-state index in [-0.39, 0.29) is 0 Å². The third kappa shape index (κ3) is 3.97. The van der Waals surface area contributed by atoms with Crippen molar-refractivity contribution in [2.24, 2.45) is 0 Å². The van der Waals surface area contributed by atoms with Crippen LogP contribution < -0.4 is 10.4 Å². The van der Waals surface area contributed by atoms with Crippen LogP contribution in [0.5, 0.6) is 0 Å². The first-order valence-corrected chi connectivity index (χ1v) is 13.1. The van der Waals surface area contributed by atoms with Crippen LogP contribution in [0, 0.1) is 6.92 Å². The third-order valence-electron chi connectivity index (χ3n) is 3.89. The standard InChI is InChI=1S/C15H27ClSi2/c1-7-13(3)17(11-16)14-8-12(2)9-15(10-14)18(4,5)6/h8-10,13,17H,7,11H2,1-6H3. The summed E-state index contributed by atoms with van der Waals surface area (Å²) in [5.41, 5.74) is 3.07. The Labute approximate surface area is 120 Å². The van der Waals surface area contributed by atoms with Crippen LogP contribution in [0.3, 0.4) is 0 Å². The Morgan fingerprint density at radius 2 is 1.83 bits per heavy atom. The van der Waals surface area contributed by atoms with Crippen molar-refractivity contribution < 1.29 is 0 Å². The number of hydrogen-bond acceptors (Lipinski definition) is 0. The Hall–Kier alpha value is -0.0562. The van der Waals surface area contributed by atoms with Crippen molar-refractivity contribution in [2.75, 3.05) is 5.50 Å². The van der Waals surface area contributed by atoms with Gasteiger partial charge in [0.15, 0.2) is 0 Å². The molecule has 0 N–H and O–H groups in total. The van der Waals surface area contributed by atoms with Gasteiger partial charge in [-0.2, -0.15) is 0 Å². The van der Waals surface area contributed by atoms with E-state index in [1.54, 1.807) is 10.4 Å². The smallest absolute Gasteiger partial charge is 0.0894 e. The molecule has 1 aromatic carbocycles. The average molecular weight is 299 g/mol. The first-order valence-electron chi connectivity index (χ1n) is 6.97. The largest absolute Gasteiger partial charge is 0.130 e. The van der Waals surface area contributed by atoms with Crippen molar-refractivity contribution in [3.05, 3.63) is 23.8 Å². The summed E-state index contributed by atoms with van der Waals surface area (Å²) in [7, 11) is -2.23. The molecule has 2 unspecified atom stereocenters. The highest BCUT2D eigenvalue weighted by molar-refractivity contribution is 6.89. The second kappa shape index (κ2) is 6.40. The number of halogens is 1. The molecular formula is C15H27ClSi2. The molecule has 0 bridgehead atoms. The fourth-order valence-electron chi connectivity index (χ4n) is 2.31. The van der Waals surface area contributed by atoms with Gasteiger partial charge in [0.25, 0.3) is 0 Å². The van der Waals surface area contributed by atoms with Gasteiger partial charge in [-0.3, -0.25) is 0 Å². The molecule has 3 heteroatoms. The van der Waals surface area contributed by atoms with Crippen LogP contribution >= 0.6 is 11.6 Å². The monoisotopic (exact) mass is 298 g/mol. The van der Waals surface area contributed by atoms with Crippen molar-refractivity contribution in [1.82, 2.24) is 0 Å². The molecular weight excluding hydrogens is 272 g/mol. The van der Waals surface area contributed by atoms with Crippen molar-refractivity contribution in [3.8, 4) is 0 Å². The van der Waals surface area contributed by atoms with Crippen LogP contribution in [0.1, 0.15) is 25.8 Å². The maximum absolute atomic E-state index is 6.27. The lowest BCUT2D eigenvalue weighted by molar-refractivity contribution is 0.862. The maximum Gasteiger partial charge on any atom is 0.0894 e. The number of alkyl halides is 1. The minimum atomic E-state index is -1.22. The summed E-state index contributed by atoms with van der Waals surface area (Å²) in [6.45, 7) is 14.1. The third-order valence-corrected chi connectivity index (χ3v) is 10.3. The molecule has 0 radical (unpaired) electrons. The van der Waals surface area contributed by atoms with Crippen LogP contribution in [-0.4, -0.2) is 22.4 Å². The van der Waals surface area contributed by atoms with Gasteiger partial charge in [-0.25, -0.2) is 0 Å². The zero-order valence-corrected chi connectivity index (χ0v) is 15.6. The molecule has 0 aliphatic carbocycles. The van der Waals surface area contributed by atoms with Gasteiger partial charge in [-0.05, 0) is 12.5 Å². The molecule has 0 nitrogen and oxygen atoms in total. The summed E-state index contributed by atoms with van der Waals surface area (Å²) < 4.78 is 0. The SMILES string of the molecule is CCC(C)[SiH](CCl)c1cc(C)cc([Si](C)(C)C)c1. The molecule has 0 aromatic heterocycles. The van der Waals surface area contributed by atoms with Crippen molar-refractivity contribution in [3.63, 3.8) is 0 Å². The first-order chi connectivity index (χ1) is 8.29. The Kier molecular flexibility index (Phi) is 5.69. The molecule has 0 aliphatic heterocycles. The van der Waals surface area contributed by atoms with E-state index in [4.69, 9.17) is 11.6 Å². The van der Waals surface area contributed by atoms with Gasteiger partial charge in [0.1, 0.15) is 0 Å². The number of hydrogen-bond donors (Lipinski definition) is 0. The molecule has 0 fully saturated rings. The summed E-state index contributed by atoms with van der Waals surface area (Å²) in [4.78, 5) is 0. The quantitative estimate of drug-likeness (QED) is 0.576.